The van der Waals surface area contributed by atoms with Gasteiger partial charge in [-0.05, 0) is 35.6 Å². The number of aromatic amines is 1. The van der Waals surface area contributed by atoms with Gasteiger partial charge in [0.2, 0.25) is 0 Å². The molecule has 2 aromatic rings. The van der Waals surface area contributed by atoms with Crippen molar-refractivity contribution in [2.45, 2.75) is 33.2 Å². The number of carbonyl (C=O) groups is 2. The van der Waals surface area contributed by atoms with Crippen LogP contribution in [0.25, 0.3) is 0 Å². The van der Waals surface area contributed by atoms with E-state index in [0.717, 1.165) is 12.1 Å². The SMILES string of the molecule is CC1(C)CC(=O)c2cc(C(=O)N3CCN(Cc4ccc(C#N)cc4)CC3)c(=O)[nH]c2C1. The van der Waals surface area contributed by atoms with E-state index in [1.165, 1.54) is 6.07 Å². The summed E-state index contributed by atoms with van der Waals surface area (Å²) in [6.07, 6.45) is 1.03. The Hall–Kier alpha value is -3.24. The molecule has 1 N–H and O–H groups in total. The lowest BCUT2D eigenvalue weighted by molar-refractivity contribution is 0.0626. The highest BCUT2D eigenvalue weighted by molar-refractivity contribution is 6.02. The third-order valence-electron chi connectivity index (χ3n) is 6.10. The molecule has 1 fully saturated rings. The number of fused-ring (bicyclic) bond motifs is 1. The van der Waals surface area contributed by atoms with E-state index in [4.69, 9.17) is 5.26 Å². The number of rotatable bonds is 3. The molecule has 1 aromatic carbocycles. The van der Waals surface area contributed by atoms with E-state index >= 15 is 0 Å². The number of hydrogen-bond acceptors (Lipinski definition) is 5. The lowest BCUT2D eigenvalue weighted by Gasteiger charge is -2.35. The number of H-pyrrole nitrogens is 1. The van der Waals surface area contributed by atoms with Crippen molar-refractivity contribution in [3.8, 4) is 6.07 Å². The molecule has 1 amide bonds. The van der Waals surface area contributed by atoms with E-state index in [-0.39, 0.29) is 22.7 Å². The molecule has 2 aliphatic rings. The maximum absolute atomic E-state index is 13.0. The molecule has 0 unspecified atom stereocenters. The maximum Gasteiger partial charge on any atom is 0.261 e. The first kappa shape index (κ1) is 21.0. The van der Waals surface area contributed by atoms with Crippen LogP contribution in [0.2, 0.25) is 0 Å². The fourth-order valence-corrected chi connectivity index (χ4v) is 4.41. The first-order chi connectivity index (χ1) is 14.8. The monoisotopic (exact) mass is 418 g/mol. The van der Waals surface area contributed by atoms with Gasteiger partial charge in [0.25, 0.3) is 11.5 Å². The van der Waals surface area contributed by atoms with Crippen molar-refractivity contribution in [2.24, 2.45) is 5.41 Å². The van der Waals surface area contributed by atoms with Crippen molar-refractivity contribution in [3.63, 3.8) is 0 Å². The van der Waals surface area contributed by atoms with Crippen LogP contribution in [0.15, 0.2) is 35.1 Å². The molecule has 1 aliphatic heterocycles. The van der Waals surface area contributed by atoms with Gasteiger partial charge in [0.15, 0.2) is 5.78 Å². The second-order valence-corrected chi connectivity index (χ2v) is 9.22. The number of nitriles is 1. The number of piperazine rings is 1. The molecule has 31 heavy (non-hydrogen) atoms. The minimum Gasteiger partial charge on any atom is -0.336 e. The predicted molar refractivity (Wildman–Crippen MR) is 116 cm³/mol. The standard InChI is InChI=1S/C24H26N4O3/c1-24(2)12-20-18(21(29)13-24)11-19(22(30)26-20)23(31)28-9-7-27(8-10-28)15-17-5-3-16(14-25)4-6-17/h3-6,11H,7-10,12-13,15H2,1-2H3,(H,26,30). The Balaban J connectivity index is 1.43. The van der Waals surface area contributed by atoms with Crippen LogP contribution in [0.5, 0.6) is 0 Å². The van der Waals surface area contributed by atoms with Crippen LogP contribution < -0.4 is 5.56 Å². The van der Waals surface area contributed by atoms with Crippen LogP contribution in [0.3, 0.4) is 0 Å². The van der Waals surface area contributed by atoms with Gasteiger partial charge in [0.1, 0.15) is 5.56 Å². The largest absolute Gasteiger partial charge is 0.336 e. The van der Waals surface area contributed by atoms with Gasteiger partial charge in [0.05, 0.1) is 11.6 Å². The fourth-order valence-electron chi connectivity index (χ4n) is 4.41. The highest BCUT2D eigenvalue weighted by Gasteiger charge is 2.33. The van der Waals surface area contributed by atoms with E-state index < -0.39 is 5.56 Å². The van der Waals surface area contributed by atoms with Crippen molar-refractivity contribution in [2.75, 3.05) is 26.2 Å². The molecule has 1 saturated heterocycles. The summed E-state index contributed by atoms with van der Waals surface area (Å²) in [5.74, 6) is -0.344. The number of ketones is 1. The Bertz CT molecular complexity index is 1120. The summed E-state index contributed by atoms with van der Waals surface area (Å²) in [6, 6.07) is 11.1. The zero-order valence-corrected chi connectivity index (χ0v) is 17.9. The summed E-state index contributed by atoms with van der Waals surface area (Å²) >= 11 is 0. The van der Waals surface area contributed by atoms with Gasteiger partial charge in [-0.15, -0.1) is 0 Å². The average molecular weight is 418 g/mol. The quantitative estimate of drug-likeness (QED) is 0.825. The van der Waals surface area contributed by atoms with Crippen molar-refractivity contribution < 1.29 is 9.59 Å². The van der Waals surface area contributed by atoms with Gasteiger partial charge in [-0.1, -0.05) is 26.0 Å². The third kappa shape index (κ3) is 4.44. The van der Waals surface area contributed by atoms with Gasteiger partial charge in [-0.25, -0.2) is 0 Å². The normalized spacial score (nSPS) is 18.4. The minimum absolute atomic E-state index is 0.0243. The van der Waals surface area contributed by atoms with E-state index in [9.17, 15) is 14.4 Å². The lowest BCUT2D eigenvalue weighted by atomic mass is 9.75. The van der Waals surface area contributed by atoms with Crippen molar-refractivity contribution in [3.05, 3.63) is 68.6 Å². The predicted octanol–water partition coefficient (Wildman–Crippen LogP) is 2.36. The highest BCUT2D eigenvalue weighted by atomic mass is 16.2. The second kappa shape index (κ2) is 8.12. The van der Waals surface area contributed by atoms with Crippen molar-refractivity contribution in [1.82, 2.24) is 14.8 Å². The topological polar surface area (TPSA) is 97.3 Å². The van der Waals surface area contributed by atoms with E-state index in [1.807, 2.05) is 26.0 Å². The van der Waals surface area contributed by atoms with Crippen LogP contribution in [-0.4, -0.2) is 52.7 Å². The number of nitrogens with one attached hydrogen (secondary N) is 1. The molecule has 1 aliphatic carbocycles. The lowest BCUT2D eigenvalue weighted by Crippen LogP contribution is -2.49. The first-order valence-corrected chi connectivity index (χ1v) is 10.6. The van der Waals surface area contributed by atoms with Crippen LogP contribution in [0.1, 0.15) is 57.8 Å². The Kier molecular flexibility index (Phi) is 5.50. The van der Waals surface area contributed by atoms with Crippen LogP contribution in [0.4, 0.5) is 0 Å². The van der Waals surface area contributed by atoms with Gasteiger partial charge in [-0.3, -0.25) is 19.3 Å². The summed E-state index contributed by atoms with van der Waals surface area (Å²) in [5, 5.41) is 8.91. The zero-order chi connectivity index (χ0) is 22.2. The van der Waals surface area contributed by atoms with Crippen LogP contribution in [-0.2, 0) is 13.0 Å². The summed E-state index contributed by atoms with van der Waals surface area (Å²) in [7, 11) is 0. The number of amides is 1. The molecule has 0 bridgehead atoms. The fraction of sp³-hybridized carbons (Fsp3) is 0.417. The molecular weight excluding hydrogens is 392 g/mol. The van der Waals surface area contributed by atoms with Gasteiger partial charge in [-0.2, -0.15) is 5.26 Å². The summed E-state index contributed by atoms with van der Waals surface area (Å²) in [6.45, 7) is 7.19. The molecule has 0 radical (unpaired) electrons. The van der Waals surface area contributed by atoms with Crippen LogP contribution in [0, 0.1) is 16.7 Å². The molecule has 4 rings (SSSR count). The number of benzene rings is 1. The van der Waals surface area contributed by atoms with Gasteiger partial charge in [0, 0.05) is 50.4 Å². The minimum atomic E-state index is -0.422. The van der Waals surface area contributed by atoms with Crippen molar-refractivity contribution in [1.29, 1.82) is 5.26 Å². The molecule has 160 valence electrons. The summed E-state index contributed by atoms with van der Waals surface area (Å²) in [4.78, 5) is 44.9. The van der Waals surface area contributed by atoms with E-state index in [1.54, 1.807) is 17.0 Å². The van der Waals surface area contributed by atoms with Gasteiger partial charge >= 0.3 is 0 Å². The van der Waals surface area contributed by atoms with Crippen LogP contribution >= 0.6 is 0 Å². The summed E-state index contributed by atoms with van der Waals surface area (Å²) in [5.41, 5.74) is 2.30. The molecule has 7 nitrogen and oxygen atoms in total. The van der Waals surface area contributed by atoms with E-state index in [0.29, 0.717) is 55.8 Å². The Labute approximate surface area is 181 Å². The Morgan fingerprint density at radius 3 is 2.42 bits per heavy atom. The smallest absolute Gasteiger partial charge is 0.261 e. The highest BCUT2D eigenvalue weighted by Crippen LogP contribution is 2.33. The molecular formula is C24H26N4O3. The van der Waals surface area contributed by atoms with Gasteiger partial charge < -0.3 is 9.88 Å². The number of pyridine rings is 1. The number of carbonyl (C=O) groups excluding carboxylic acids is 2. The molecule has 0 saturated carbocycles. The Morgan fingerprint density at radius 1 is 1.10 bits per heavy atom. The number of Topliss-reactive ketones (excluding diaryl/α,β-unsaturated/α-hetero) is 1. The Morgan fingerprint density at radius 2 is 1.77 bits per heavy atom. The molecule has 0 spiro atoms. The summed E-state index contributed by atoms with van der Waals surface area (Å²) < 4.78 is 0. The maximum atomic E-state index is 13.0. The second-order valence-electron chi connectivity index (χ2n) is 9.22. The van der Waals surface area contributed by atoms with Crippen molar-refractivity contribution >= 4 is 11.7 Å². The molecule has 7 heteroatoms. The molecule has 2 heterocycles. The number of hydrogen-bond donors (Lipinski definition) is 1. The zero-order valence-electron chi connectivity index (χ0n) is 17.9. The number of nitrogens with zero attached hydrogens (tertiary/aromatic N) is 3. The molecule has 0 atom stereocenters. The number of aromatic nitrogens is 1. The average Bonchev–Trinajstić information content (AvgIpc) is 2.73. The first-order valence-electron chi connectivity index (χ1n) is 10.6. The molecule has 1 aromatic heterocycles. The van der Waals surface area contributed by atoms with E-state index in [2.05, 4.69) is 16.0 Å². The third-order valence-corrected chi connectivity index (χ3v) is 6.10.